The predicted octanol–water partition coefficient (Wildman–Crippen LogP) is 4.42. The van der Waals surface area contributed by atoms with E-state index in [9.17, 15) is 9.59 Å². The summed E-state index contributed by atoms with van der Waals surface area (Å²) in [4.78, 5) is 23.6. The van der Waals surface area contributed by atoms with E-state index in [1.165, 1.54) is 0 Å². The van der Waals surface area contributed by atoms with Gasteiger partial charge in [-0.25, -0.2) is 4.79 Å². The van der Waals surface area contributed by atoms with Crippen molar-refractivity contribution >= 4 is 17.6 Å². The van der Waals surface area contributed by atoms with Crippen molar-refractivity contribution in [2.75, 3.05) is 5.32 Å². The lowest BCUT2D eigenvalue weighted by molar-refractivity contribution is 0.0981. The smallest absolute Gasteiger partial charge is 0.411 e. The largest absolute Gasteiger partial charge is 0.444 e. The Labute approximate surface area is 130 Å². The van der Waals surface area contributed by atoms with E-state index in [0.717, 1.165) is 12.0 Å². The summed E-state index contributed by atoms with van der Waals surface area (Å²) in [5.41, 5.74) is 2.08. The van der Waals surface area contributed by atoms with Crippen LogP contribution in [0.5, 0.6) is 0 Å². The molecule has 0 spiro atoms. The van der Waals surface area contributed by atoms with Gasteiger partial charge in [0.1, 0.15) is 6.61 Å². The Morgan fingerprint density at radius 2 is 1.82 bits per heavy atom. The minimum atomic E-state index is -0.538. The quantitative estimate of drug-likeness (QED) is 0.803. The Balaban J connectivity index is 1.91. The van der Waals surface area contributed by atoms with E-state index < -0.39 is 6.09 Å². The van der Waals surface area contributed by atoms with Crippen LogP contribution in [0.25, 0.3) is 0 Å². The lowest BCUT2D eigenvalue weighted by atomic mass is 10.1. The van der Waals surface area contributed by atoms with Crippen LogP contribution in [-0.2, 0) is 11.3 Å². The molecule has 0 aromatic heterocycles. The van der Waals surface area contributed by atoms with Crippen LogP contribution < -0.4 is 5.32 Å². The van der Waals surface area contributed by atoms with Crippen LogP contribution in [0.3, 0.4) is 0 Å². The second-order valence-corrected chi connectivity index (χ2v) is 4.94. The molecule has 0 aliphatic carbocycles. The van der Waals surface area contributed by atoms with Crippen molar-refractivity contribution in [2.45, 2.75) is 26.4 Å². The average Bonchev–Trinajstić information content (AvgIpc) is 2.54. The number of rotatable bonds is 6. The third-order valence-electron chi connectivity index (χ3n) is 3.12. The second kappa shape index (κ2) is 7.98. The Morgan fingerprint density at radius 3 is 2.55 bits per heavy atom. The van der Waals surface area contributed by atoms with Crippen LogP contribution in [0.15, 0.2) is 54.6 Å². The molecule has 0 saturated heterocycles. The highest BCUT2D eigenvalue weighted by Crippen LogP contribution is 2.13. The van der Waals surface area contributed by atoms with Crippen LogP contribution in [0.2, 0.25) is 0 Å². The lowest BCUT2D eigenvalue weighted by Gasteiger charge is -2.08. The van der Waals surface area contributed by atoms with Gasteiger partial charge < -0.3 is 4.74 Å². The standard InChI is InChI=1S/C18H19NO3/c1-2-7-17(20)15-10-6-11-16(12-15)19-18(21)22-13-14-8-4-3-5-9-14/h3-6,8-12H,2,7,13H2,1H3,(H,19,21). The SMILES string of the molecule is CCCC(=O)c1cccc(NC(=O)OCc2ccccc2)c1. The minimum absolute atomic E-state index is 0.0730. The van der Waals surface area contributed by atoms with Crippen molar-refractivity contribution in [2.24, 2.45) is 0 Å². The minimum Gasteiger partial charge on any atom is -0.444 e. The van der Waals surface area contributed by atoms with Gasteiger partial charge in [0.25, 0.3) is 0 Å². The Hall–Kier alpha value is -2.62. The Kier molecular flexibility index (Phi) is 5.72. The summed E-state index contributed by atoms with van der Waals surface area (Å²) in [6.07, 6.45) is 0.765. The van der Waals surface area contributed by atoms with Gasteiger partial charge in [-0.2, -0.15) is 0 Å². The van der Waals surface area contributed by atoms with Gasteiger partial charge >= 0.3 is 6.09 Å². The zero-order chi connectivity index (χ0) is 15.8. The van der Waals surface area contributed by atoms with E-state index in [1.807, 2.05) is 37.3 Å². The Bertz CT molecular complexity index is 638. The number of amides is 1. The molecule has 1 N–H and O–H groups in total. The third kappa shape index (κ3) is 4.74. The van der Waals surface area contributed by atoms with Gasteiger partial charge in [-0.15, -0.1) is 0 Å². The topological polar surface area (TPSA) is 55.4 Å². The molecule has 0 unspecified atom stereocenters. The zero-order valence-corrected chi connectivity index (χ0v) is 12.5. The number of carbonyl (C=O) groups excluding carboxylic acids is 2. The first-order valence-corrected chi connectivity index (χ1v) is 7.30. The van der Waals surface area contributed by atoms with Crippen molar-refractivity contribution in [3.8, 4) is 0 Å². The van der Waals surface area contributed by atoms with Crippen molar-refractivity contribution in [3.05, 3.63) is 65.7 Å². The monoisotopic (exact) mass is 297 g/mol. The van der Waals surface area contributed by atoms with E-state index in [0.29, 0.717) is 17.7 Å². The van der Waals surface area contributed by atoms with Gasteiger partial charge in [0.15, 0.2) is 5.78 Å². The number of ketones is 1. The number of anilines is 1. The summed E-state index contributed by atoms with van der Waals surface area (Å²) >= 11 is 0. The molecule has 0 atom stereocenters. The maximum atomic E-state index is 11.8. The van der Waals surface area contributed by atoms with E-state index in [-0.39, 0.29) is 12.4 Å². The van der Waals surface area contributed by atoms with Gasteiger partial charge in [-0.05, 0) is 24.1 Å². The molecule has 114 valence electrons. The van der Waals surface area contributed by atoms with Gasteiger partial charge in [0.2, 0.25) is 0 Å². The summed E-state index contributed by atoms with van der Waals surface area (Å²) in [5, 5.41) is 2.64. The first kappa shape index (κ1) is 15.8. The fraction of sp³-hybridized carbons (Fsp3) is 0.222. The summed E-state index contributed by atoms with van der Waals surface area (Å²) in [5.74, 6) is 0.0730. The average molecular weight is 297 g/mol. The highest BCUT2D eigenvalue weighted by molar-refractivity contribution is 5.97. The first-order chi connectivity index (χ1) is 10.7. The second-order valence-electron chi connectivity index (χ2n) is 4.94. The molecule has 2 aromatic rings. The summed E-state index contributed by atoms with van der Waals surface area (Å²) in [6, 6.07) is 16.3. The molecule has 2 aromatic carbocycles. The number of nitrogens with one attached hydrogen (secondary N) is 1. The fourth-order valence-electron chi connectivity index (χ4n) is 2.02. The van der Waals surface area contributed by atoms with E-state index in [1.54, 1.807) is 24.3 Å². The van der Waals surface area contributed by atoms with Crippen LogP contribution in [0, 0.1) is 0 Å². The molecular formula is C18H19NO3. The maximum Gasteiger partial charge on any atom is 0.411 e. The zero-order valence-electron chi connectivity index (χ0n) is 12.5. The highest BCUT2D eigenvalue weighted by atomic mass is 16.5. The molecule has 22 heavy (non-hydrogen) atoms. The predicted molar refractivity (Wildman–Crippen MR) is 85.9 cm³/mol. The molecule has 0 radical (unpaired) electrons. The van der Waals surface area contributed by atoms with E-state index in [4.69, 9.17) is 4.74 Å². The number of benzene rings is 2. The molecule has 0 saturated carbocycles. The van der Waals surface area contributed by atoms with Crippen LogP contribution in [0.1, 0.15) is 35.7 Å². The van der Waals surface area contributed by atoms with Gasteiger partial charge in [-0.1, -0.05) is 49.4 Å². The molecule has 0 bridgehead atoms. The van der Waals surface area contributed by atoms with Gasteiger partial charge in [0, 0.05) is 17.7 Å². The number of ether oxygens (including phenoxy) is 1. The van der Waals surface area contributed by atoms with Gasteiger partial charge in [-0.3, -0.25) is 10.1 Å². The maximum absolute atomic E-state index is 11.8. The third-order valence-corrected chi connectivity index (χ3v) is 3.12. The molecule has 0 heterocycles. The number of Topliss-reactive ketones (excluding diaryl/α,β-unsaturated/α-hetero) is 1. The summed E-state index contributed by atoms with van der Waals surface area (Å²) in [6.45, 7) is 2.17. The van der Waals surface area contributed by atoms with Crippen LogP contribution in [0.4, 0.5) is 10.5 Å². The number of carbonyl (C=O) groups is 2. The molecule has 0 aliphatic rings. The van der Waals surface area contributed by atoms with Crippen molar-refractivity contribution < 1.29 is 14.3 Å². The number of hydrogen-bond donors (Lipinski definition) is 1. The number of hydrogen-bond acceptors (Lipinski definition) is 3. The van der Waals surface area contributed by atoms with Crippen LogP contribution in [-0.4, -0.2) is 11.9 Å². The molecule has 4 heteroatoms. The normalized spacial score (nSPS) is 10.0. The van der Waals surface area contributed by atoms with Crippen molar-refractivity contribution in [1.29, 1.82) is 0 Å². The molecular weight excluding hydrogens is 278 g/mol. The summed E-state index contributed by atoms with van der Waals surface area (Å²) in [7, 11) is 0. The van der Waals surface area contributed by atoms with Gasteiger partial charge in [0.05, 0.1) is 0 Å². The fourth-order valence-corrected chi connectivity index (χ4v) is 2.02. The molecule has 4 nitrogen and oxygen atoms in total. The van der Waals surface area contributed by atoms with Crippen molar-refractivity contribution in [3.63, 3.8) is 0 Å². The molecule has 1 amide bonds. The van der Waals surface area contributed by atoms with E-state index >= 15 is 0 Å². The first-order valence-electron chi connectivity index (χ1n) is 7.30. The molecule has 0 aliphatic heterocycles. The van der Waals surface area contributed by atoms with E-state index in [2.05, 4.69) is 5.32 Å². The Morgan fingerprint density at radius 1 is 1.05 bits per heavy atom. The molecule has 2 rings (SSSR count). The summed E-state index contributed by atoms with van der Waals surface area (Å²) < 4.78 is 5.14. The van der Waals surface area contributed by atoms with Crippen LogP contribution >= 0.6 is 0 Å². The molecule has 0 fully saturated rings. The lowest BCUT2D eigenvalue weighted by Crippen LogP contribution is -2.14. The highest BCUT2D eigenvalue weighted by Gasteiger charge is 2.08. The van der Waals surface area contributed by atoms with Crippen molar-refractivity contribution in [1.82, 2.24) is 0 Å².